The Morgan fingerprint density at radius 1 is 1.39 bits per heavy atom. The van der Waals surface area contributed by atoms with Crippen molar-refractivity contribution in [2.24, 2.45) is 22.6 Å². The minimum Gasteiger partial charge on any atom is -0.383 e. The van der Waals surface area contributed by atoms with Crippen LogP contribution >= 0.6 is 0 Å². The van der Waals surface area contributed by atoms with Gasteiger partial charge in [0.15, 0.2) is 5.96 Å². The van der Waals surface area contributed by atoms with Crippen molar-refractivity contribution in [2.75, 3.05) is 13.7 Å². The van der Waals surface area contributed by atoms with Crippen LogP contribution in [0.3, 0.4) is 0 Å². The molecule has 2 aliphatic rings. The largest absolute Gasteiger partial charge is 0.383 e. The lowest BCUT2D eigenvalue weighted by atomic mass is 9.85. The molecule has 4 nitrogen and oxygen atoms in total. The Bertz CT molecular complexity index is 287. The summed E-state index contributed by atoms with van der Waals surface area (Å²) >= 11 is 0. The average Bonchev–Trinajstić information content (AvgIpc) is 3.09. The fourth-order valence-corrected chi connectivity index (χ4v) is 3.18. The summed E-state index contributed by atoms with van der Waals surface area (Å²) < 4.78 is 5.07. The molecule has 0 aromatic carbocycles. The van der Waals surface area contributed by atoms with Crippen LogP contribution in [0.4, 0.5) is 0 Å². The molecule has 2 fully saturated rings. The van der Waals surface area contributed by atoms with E-state index in [1.54, 1.807) is 7.11 Å². The fourth-order valence-electron chi connectivity index (χ4n) is 3.18. The molecule has 0 radical (unpaired) electrons. The highest BCUT2D eigenvalue weighted by molar-refractivity contribution is 5.78. The van der Waals surface area contributed by atoms with Gasteiger partial charge in [0.25, 0.3) is 0 Å². The van der Waals surface area contributed by atoms with E-state index in [9.17, 15) is 0 Å². The van der Waals surface area contributed by atoms with Crippen LogP contribution in [0, 0.1) is 11.8 Å². The van der Waals surface area contributed by atoms with E-state index in [-0.39, 0.29) is 6.04 Å². The first kappa shape index (κ1) is 13.7. The molecule has 4 heteroatoms. The topological polar surface area (TPSA) is 59.6 Å². The van der Waals surface area contributed by atoms with E-state index < -0.39 is 0 Å². The van der Waals surface area contributed by atoms with Gasteiger partial charge in [-0.1, -0.05) is 32.1 Å². The number of nitrogens with two attached hydrogens (primary N) is 1. The van der Waals surface area contributed by atoms with E-state index in [4.69, 9.17) is 10.5 Å². The molecule has 2 rings (SSSR count). The van der Waals surface area contributed by atoms with E-state index in [0.717, 1.165) is 11.8 Å². The van der Waals surface area contributed by atoms with Crippen molar-refractivity contribution in [3.8, 4) is 0 Å². The van der Waals surface area contributed by atoms with E-state index >= 15 is 0 Å². The molecule has 2 saturated carbocycles. The van der Waals surface area contributed by atoms with E-state index in [0.29, 0.717) is 18.6 Å². The van der Waals surface area contributed by atoms with Gasteiger partial charge in [-0.25, -0.2) is 4.99 Å². The average molecular weight is 253 g/mol. The Kier molecular flexibility index (Phi) is 4.87. The van der Waals surface area contributed by atoms with Crippen LogP contribution in [0.2, 0.25) is 0 Å². The van der Waals surface area contributed by atoms with Gasteiger partial charge >= 0.3 is 0 Å². The Morgan fingerprint density at radius 2 is 2.11 bits per heavy atom. The summed E-state index contributed by atoms with van der Waals surface area (Å²) in [6.07, 6.45) is 8.31. The quantitative estimate of drug-likeness (QED) is 0.581. The summed E-state index contributed by atoms with van der Waals surface area (Å²) in [4.78, 5) is 4.60. The molecule has 0 spiro atoms. The van der Waals surface area contributed by atoms with Crippen LogP contribution in [0.15, 0.2) is 4.99 Å². The number of methoxy groups -OCH3 is 1. The standard InChI is InChI=1S/C14H27N3O/c1-10(9-18-2)16-14(15)17-13-8-12(13)11-6-4-3-5-7-11/h10-13H,3-9H2,1-2H3,(H3,15,16,17). The molecule has 18 heavy (non-hydrogen) atoms. The predicted octanol–water partition coefficient (Wildman–Crippen LogP) is 1.89. The van der Waals surface area contributed by atoms with E-state index in [1.807, 2.05) is 0 Å². The van der Waals surface area contributed by atoms with Gasteiger partial charge in [-0.05, 0) is 25.2 Å². The third-order valence-corrected chi connectivity index (χ3v) is 4.18. The van der Waals surface area contributed by atoms with E-state index in [2.05, 4.69) is 17.2 Å². The predicted molar refractivity (Wildman–Crippen MR) is 74.6 cm³/mol. The third kappa shape index (κ3) is 3.87. The first-order chi connectivity index (χ1) is 8.70. The monoisotopic (exact) mass is 253 g/mol. The molecule has 3 atom stereocenters. The minimum absolute atomic E-state index is 0.227. The number of guanidine groups is 1. The minimum atomic E-state index is 0.227. The first-order valence-electron chi connectivity index (χ1n) is 7.29. The highest BCUT2D eigenvalue weighted by Gasteiger charge is 2.43. The zero-order valence-corrected chi connectivity index (χ0v) is 11.7. The lowest BCUT2D eigenvalue weighted by Crippen LogP contribution is -2.40. The smallest absolute Gasteiger partial charge is 0.189 e. The molecular weight excluding hydrogens is 226 g/mol. The SMILES string of the molecule is COCC(C)NC(N)=NC1CC1C1CCCCC1. The van der Waals surface area contributed by atoms with E-state index in [1.165, 1.54) is 38.5 Å². The third-order valence-electron chi connectivity index (χ3n) is 4.18. The Labute approximate surface area is 110 Å². The zero-order chi connectivity index (χ0) is 13.0. The van der Waals surface area contributed by atoms with Gasteiger partial charge in [0, 0.05) is 13.2 Å². The lowest BCUT2D eigenvalue weighted by molar-refractivity contribution is 0.179. The summed E-state index contributed by atoms with van der Waals surface area (Å²) in [6.45, 7) is 2.71. The number of rotatable bonds is 5. The van der Waals surface area contributed by atoms with Gasteiger partial charge in [-0.2, -0.15) is 0 Å². The molecule has 3 unspecified atom stereocenters. The highest BCUT2D eigenvalue weighted by atomic mass is 16.5. The molecular formula is C14H27N3O. The van der Waals surface area contributed by atoms with Gasteiger partial charge < -0.3 is 15.8 Å². The van der Waals surface area contributed by atoms with Crippen molar-refractivity contribution in [1.29, 1.82) is 0 Å². The van der Waals surface area contributed by atoms with Crippen molar-refractivity contribution >= 4 is 5.96 Å². The zero-order valence-electron chi connectivity index (χ0n) is 11.7. The molecule has 2 aliphatic carbocycles. The van der Waals surface area contributed by atoms with Gasteiger partial charge in [-0.15, -0.1) is 0 Å². The Hall–Kier alpha value is -0.770. The van der Waals surface area contributed by atoms with Crippen LogP contribution in [-0.4, -0.2) is 31.8 Å². The van der Waals surface area contributed by atoms with Crippen molar-refractivity contribution in [2.45, 2.75) is 57.5 Å². The van der Waals surface area contributed by atoms with Crippen molar-refractivity contribution in [3.63, 3.8) is 0 Å². The maximum atomic E-state index is 5.92. The molecule has 0 saturated heterocycles. The summed E-state index contributed by atoms with van der Waals surface area (Å²) in [5.74, 6) is 2.31. The Morgan fingerprint density at radius 3 is 2.78 bits per heavy atom. The molecule has 104 valence electrons. The van der Waals surface area contributed by atoms with Crippen LogP contribution < -0.4 is 11.1 Å². The summed E-state index contributed by atoms with van der Waals surface area (Å²) in [5, 5.41) is 3.18. The van der Waals surface area contributed by atoms with Gasteiger partial charge in [0.2, 0.25) is 0 Å². The fraction of sp³-hybridized carbons (Fsp3) is 0.929. The van der Waals surface area contributed by atoms with Gasteiger partial charge in [0.1, 0.15) is 0 Å². The Balaban J connectivity index is 1.73. The molecule has 0 heterocycles. The van der Waals surface area contributed by atoms with Crippen molar-refractivity contribution < 1.29 is 4.74 Å². The van der Waals surface area contributed by atoms with Crippen LogP contribution in [0.25, 0.3) is 0 Å². The molecule has 0 amide bonds. The second-order valence-corrected chi connectivity index (χ2v) is 5.88. The molecule has 0 bridgehead atoms. The highest BCUT2D eigenvalue weighted by Crippen LogP contribution is 2.46. The summed E-state index contributed by atoms with van der Waals surface area (Å²) in [5.41, 5.74) is 5.92. The summed E-state index contributed by atoms with van der Waals surface area (Å²) in [6, 6.07) is 0.709. The molecule has 0 aromatic rings. The van der Waals surface area contributed by atoms with Crippen molar-refractivity contribution in [3.05, 3.63) is 0 Å². The number of hydrogen-bond donors (Lipinski definition) is 2. The number of nitrogens with zero attached hydrogens (tertiary/aromatic N) is 1. The van der Waals surface area contributed by atoms with Crippen LogP contribution in [-0.2, 0) is 4.74 Å². The molecule has 0 aliphatic heterocycles. The van der Waals surface area contributed by atoms with Crippen molar-refractivity contribution in [1.82, 2.24) is 5.32 Å². The first-order valence-corrected chi connectivity index (χ1v) is 7.29. The second kappa shape index (κ2) is 6.41. The maximum absolute atomic E-state index is 5.92. The number of nitrogens with one attached hydrogen (secondary N) is 1. The number of hydrogen-bond acceptors (Lipinski definition) is 2. The summed E-state index contributed by atoms with van der Waals surface area (Å²) in [7, 11) is 1.70. The lowest BCUT2D eigenvalue weighted by Gasteiger charge is -2.21. The van der Waals surface area contributed by atoms with Gasteiger partial charge in [0.05, 0.1) is 12.6 Å². The molecule has 3 N–H and O–H groups in total. The van der Waals surface area contributed by atoms with Crippen LogP contribution in [0.5, 0.6) is 0 Å². The van der Waals surface area contributed by atoms with Gasteiger partial charge in [-0.3, -0.25) is 0 Å². The molecule has 0 aromatic heterocycles. The normalized spacial score (nSPS) is 31.1. The number of ether oxygens (including phenoxy) is 1. The second-order valence-electron chi connectivity index (χ2n) is 5.88. The van der Waals surface area contributed by atoms with Crippen LogP contribution in [0.1, 0.15) is 45.4 Å². The maximum Gasteiger partial charge on any atom is 0.189 e. The number of aliphatic imine (C=N–C) groups is 1.